The first-order chi connectivity index (χ1) is 8.26. The van der Waals surface area contributed by atoms with Gasteiger partial charge in [0.15, 0.2) is 5.78 Å². The van der Waals surface area contributed by atoms with E-state index in [1.807, 2.05) is 6.92 Å². The number of nitrogens with zero attached hydrogens (tertiary/aromatic N) is 2. The molecule has 18 heavy (non-hydrogen) atoms. The van der Waals surface area contributed by atoms with Crippen molar-refractivity contribution in [2.24, 2.45) is 5.92 Å². The van der Waals surface area contributed by atoms with Crippen LogP contribution in [-0.4, -0.2) is 30.4 Å². The summed E-state index contributed by atoms with van der Waals surface area (Å²) in [5, 5.41) is 0. The van der Waals surface area contributed by atoms with Crippen LogP contribution in [0.25, 0.3) is 0 Å². The van der Waals surface area contributed by atoms with Gasteiger partial charge in [0.1, 0.15) is 0 Å². The van der Waals surface area contributed by atoms with E-state index in [1.54, 1.807) is 6.92 Å². The maximum absolute atomic E-state index is 11.9. The Balaban J connectivity index is 2.48. The fraction of sp³-hybridized carbons (Fsp3) is 0.545. The molecule has 6 nitrogen and oxygen atoms in total. The summed E-state index contributed by atoms with van der Waals surface area (Å²) in [5.74, 6) is 0.299. The van der Waals surface area contributed by atoms with Gasteiger partial charge in [0.2, 0.25) is 16.0 Å². The average molecular weight is 269 g/mol. The Morgan fingerprint density at radius 1 is 1.28 bits per heavy atom. The van der Waals surface area contributed by atoms with Crippen molar-refractivity contribution in [3.05, 3.63) is 17.0 Å². The normalized spacial score (nSPS) is 19.5. The predicted molar refractivity (Wildman–Crippen MR) is 67.1 cm³/mol. The van der Waals surface area contributed by atoms with Crippen LogP contribution in [0.2, 0.25) is 0 Å². The molecule has 0 amide bonds. The topological polar surface area (TPSA) is 89.0 Å². The molecule has 0 saturated carbocycles. The molecule has 1 aromatic rings. The van der Waals surface area contributed by atoms with Gasteiger partial charge < -0.3 is 0 Å². The van der Waals surface area contributed by atoms with Crippen LogP contribution in [0.15, 0.2) is 0 Å². The van der Waals surface area contributed by atoms with Crippen molar-refractivity contribution >= 4 is 21.8 Å². The molecule has 7 heteroatoms. The van der Waals surface area contributed by atoms with Crippen LogP contribution in [0.3, 0.4) is 0 Å². The number of Topliss-reactive ketones (excluding diaryl/α,β-unsaturated/α-hetero) is 1. The molecule has 2 rings (SSSR count). The minimum absolute atomic E-state index is 0.0344. The van der Waals surface area contributed by atoms with Crippen molar-refractivity contribution in [3.63, 3.8) is 0 Å². The molecule has 98 valence electrons. The van der Waals surface area contributed by atoms with Crippen LogP contribution in [0.1, 0.15) is 35.1 Å². The lowest BCUT2D eigenvalue weighted by molar-refractivity contribution is 0.0951. The molecule has 0 radical (unpaired) electrons. The van der Waals surface area contributed by atoms with E-state index in [-0.39, 0.29) is 17.6 Å². The van der Waals surface area contributed by atoms with E-state index < -0.39 is 10.0 Å². The number of aromatic nitrogens is 2. The van der Waals surface area contributed by atoms with E-state index in [2.05, 4.69) is 14.7 Å². The standard InChI is InChI=1S/C11H15N3O3S/c1-6-4-8-10(9(15)5-6)7(2)12-11(13-8)14-18(3,16)17/h6H,4-5H2,1-3H3,(H,12,13,14)/t6-/m1/s1. The van der Waals surface area contributed by atoms with Gasteiger partial charge in [-0.2, -0.15) is 0 Å². The Morgan fingerprint density at radius 2 is 1.94 bits per heavy atom. The highest BCUT2D eigenvalue weighted by Crippen LogP contribution is 2.26. The van der Waals surface area contributed by atoms with Gasteiger partial charge in [-0.15, -0.1) is 0 Å². The highest BCUT2D eigenvalue weighted by Gasteiger charge is 2.26. The lowest BCUT2D eigenvalue weighted by atomic mass is 9.86. The summed E-state index contributed by atoms with van der Waals surface area (Å²) in [5.41, 5.74) is 1.72. The zero-order chi connectivity index (χ0) is 13.5. The van der Waals surface area contributed by atoms with Gasteiger partial charge in [0, 0.05) is 6.42 Å². The zero-order valence-electron chi connectivity index (χ0n) is 10.5. The van der Waals surface area contributed by atoms with Crippen LogP contribution in [0.4, 0.5) is 5.95 Å². The third kappa shape index (κ3) is 2.66. The SMILES string of the molecule is Cc1nc(NS(C)(=O)=O)nc2c1C(=O)C[C@H](C)C2. The largest absolute Gasteiger partial charge is 0.294 e. The number of sulfonamides is 1. The summed E-state index contributed by atoms with van der Waals surface area (Å²) in [6.45, 7) is 3.67. The van der Waals surface area contributed by atoms with E-state index in [9.17, 15) is 13.2 Å². The average Bonchev–Trinajstić information content (AvgIpc) is 2.11. The molecule has 1 N–H and O–H groups in total. The molecule has 0 unspecified atom stereocenters. The molecular weight excluding hydrogens is 254 g/mol. The summed E-state index contributed by atoms with van der Waals surface area (Å²) < 4.78 is 24.5. The fourth-order valence-electron chi connectivity index (χ4n) is 2.17. The molecule has 0 aromatic carbocycles. The second kappa shape index (κ2) is 4.31. The number of aryl methyl sites for hydroxylation is 1. The Bertz CT molecular complexity index is 610. The van der Waals surface area contributed by atoms with Gasteiger partial charge in [-0.25, -0.2) is 18.4 Å². The molecule has 1 aliphatic rings. The van der Waals surface area contributed by atoms with Crippen molar-refractivity contribution in [2.45, 2.75) is 26.7 Å². The minimum atomic E-state index is -3.41. The highest BCUT2D eigenvalue weighted by molar-refractivity contribution is 7.91. The molecule has 0 aliphatic heterocycles. The van der Waals surface area contributed by atoms with Gasteiger partial charge in [-0.05, 0) is 19.3 Å². The van der Waals surface area contributed by atoms with Gasteiger partial charge in [0.25, 0.3) is 0 Å². The Labute approximate surface area is 106 Å². The van der Waals surface area contributed by atoms with Gasteiger partial charge in [0.05, 0.1) is 23.2 Å². The lowest BCUT2D eigenvalue weighted by Crippen LogP contribution is -2.23. The molecule has 1 atom stereocenters. The van der Waals surface area contributed by atoms with Crippen molar-refractivity contribution in [2.75, 3.05) is 11.0 Å². The Morgan fingerprint density at radius 3 is 2.56 bits per heavy atom. The monoisotopic (exact) mass is 269 g/mol. The summed E-state index contributed by atoms with van der Waals surface area (Å²) in [7, 11) is -3.41. The Hall–Kier alpha value is -1.50. The highest BCUT2D eigenvalue weighted by atomic mass is 32.2. The molecule has 1 aromatic heterocycles. The predicted octanol–water partition coefficient (Wildman–Crippen LogP) is 0.922. The van der Waals surface area contributed by atoms with Crippen molar-refractivity contribution in [1.82, 2.24) is 9.97 Å². The molecule has 0 fully saturated rings. The quantitative estimate of drug-likeness (QED) is 0.862. The first-order valence-corrected chi connectivity index (χ1v) is 7.54. The maximum atomic E-state index is 11.9. The number of anilines is 1. The van der Waals surface area contributed by atoms with E-state index in [1.165, 1.54) is 0 Å². The summed E-state index contributed by atoms with van der Waals surface area (Å²) in [6.07, 6.45) is 2.21. The van der Waals surface area contributed by atoms with Crippen LogP contribution in [0, 0.1) is 12.8 Å². The zero-order valence-corrected chi connectivity index (χ0v) is 11.3. The second-order valence-corrected chi connectivity index (χ2v) is 6.51. The number of hydrogen-bond acceptors (Lipinski definition) is 5. The summed E-state index contributed by atoms with van der Waals surface area (Å²) in [6, 6.07) is 0. The van der Waals surface area contributed by atoms with Gasteiger partial charge >= 0.3 is 0 Å². The maximum Gasteiger partial charge on any atom is 0.237 e. The van der Waals surface area contributed by atoms with Crippen LogP contribution in [-0.2, 0) is 16.4 Å². The van der Waals surface area contributed by atoms with Crippen molar-refractivity contribution in [1.29, 1.82) is 0 Å². The van der Waals surface area contributed by atoms with Gasteiger partial charge in [-0.1, -0.05) is 6.92 Å². The van der Waals surface area contributed by atoms with Crippen LogP contribution in [0.5, 0.6) is 0 Å². The number of fused-ring (bicyclic) bond motifs is 1. The first-order valence-electron chi connectivity index (χ1n) is 5.65. The third-order valence-corrected chi connectivity index (χ3v) is 3.35. The molecule has 0 saturated heterocycles. The summed E-state index contributed by atoms with van der Waals surface area (Å²) in [4.78, 5) is 20.1. The minimum Gasteiger partial charge on any atom is -0.294 e. The number of hydrogen-bond donors (Lipinski definition) is 1. The smallest absolute Gasteiger partial charge is 0.237 e. The molecule has 0 spiro atoms. The number of nitrogens with one attached hydrogen (secondary N) is 1. The molecule has 1 aliphatic carbocycles. The molecule has 1 heterocycles. The van der Waals surface area contributed by atoms with Crippen LogP contribution < -0.4 is 4.72 Å². The van der Waals surface area contributed by atoms with E-state index in [0.29, 0.717) is 29.8 Å². The lowest BCUT2D eigenvalue weighted by Gasteiger charge is -2.21. The van der Waals surface area contributed by atoms with E-state index in [0.717, 1.165) is 6.26 Å². The van der Waals surface area contributed by atoms with Crippen molar-refractivity contribution < 1.29 is 13.2 Å². The number of carbonyl (C=O) groups is 1. The summed E-state index contributed by atoms with van der Waals surface area (Å²) >= 11 is 0. The fourth-order valence-corrected chi connectivity index (χ4v) is 2.60. The van der Waals surface area contributed by atoms with Crippen molar-refractivity contribution in [3.8, 4) is 0 Å². The number of carbonyl (C=O) groups excluding carboxylic acids is 1. The number of ketones is 1. The van der Waals surface area contributed by atoms with Gasteiger partial charge in [-0.3, -0.25) is 9.52 Å². The molecule has 0 bridgehead atoms. The molecular formula is C11H15N3O3S. The van der Waals surface area contributed by atoms with Crippen LogP contribution >= 0.6 is 0 Å². The Kier molecular flexibility index (Phi) is 3.10. The second-order valence-electron chi connectivity index (χ2n) is 4.77. The first kappa shape index (κ1) is 12.9. The van der Waals surface area contributed by atoms with E-state index >= 15 is 0 Å². The third-order valence-electron chi connectivity index (χ3n) is 2.80. The number of rotatable bonds is 2. The van der Waals surface area contributed by atoms with E-state index in [4.69, 9.17) is 0 Å².